The molecule has 17 rings (SSSR count). The Balaban J connectivity index is 0.000000196. The maximum Gasteiger partial charge on any atom is 0.232 e. The quantitative estimate of drug-likeness (QED) is 0.128. The van der Waals surface area contributed by atoms with Crippen molar-refractivity contribution in [1.82, 2.24) is 154 Å². The van der Waals surface area contributed by atoms with Crippen LogP contribution in [0.1, 0.15) is 281 Å². The van der Waals surface area contributed by atoms with Crippen LogP contribution in [0.15, 0.2) is 241 Å². The number of halogens is 4. The van der Waals surface area contributed by atoms with E-state index in [0.717, 1.165) is 96.5 Å². The number of pyridine rings is 10. The second-order valence-corrected chi connectivity index (χ2v) is 44.9. The summed E-state index contributed by atoms with van der Waals surface area (Å²) in [5.74, 6) is -0.249. The maximum atomic E-state index is 13.2. The number of hydrogen-bond donors (Lipinski definition) is 0. The number of hydrogen-bond acceptors (Lipinski definition) is 25. The molecule has 36 heteroatoms. The number of nitrogens with zero attached hydrogens (tertiary/aromatic N) is 31. The zero-order chi connectivity index (χ0) is 107. The van der Waals surface area contributed by atoms with Gasteiger partial charge in [0.25, 0.3) is 0 Å². The van der Waals surface area contributed by atoms with Crippen LogP contribution in [-0.4, -0.2) is 161 Å². The Hall–Kier alpha value is -14.3. The normalized spacial score (nSPS) is 11.7. The Kier molecular flexibility index (Phi) is 39.6. The average molecular weight is 2000 g/mol. The molecule has 0 amide bonds. The van der Waals surface area contributed by atoms with Gasteiger partial charge in [0.15, 0.2) is 0 Å². The number of aryl methyl sites for hydroxylation is 3. The molecule has 17 heterocycles. The molecule has 17 aromatic heterocycles. The first-order chi connectivity index (χ1) is 67.1. The summed E-state index contributed by atoms with van der Waals surface area (Å²) in [6.45, 7) is 69.3. The van der Waals surface area contributed by atoms with Gasteiger partial charge in [-0.3, -0.25) is 53.6 Å². The zero-order valence-corrected chi connectivity index (χ0v) is 91.3. The summed E-state index contributed by atoms with van der Waals surface area (Å²) in [4.78, 5) is 48.5. The first-order valence-electron chi connectivity index (χ1n) is 47.0. The molecule has 0 saturated heterocycles. The molecule has 0 atom stereocenters. The van der Waals surface area contributed by atoms with Crippen LogP contribution in [-0.2, 0) is 54.1 Å². The molecule has 0 aliphatic carbocycles. The minimum atomic E-state index is -0.405. The van der Waals surface area contributed by atoms with Crippen LogP contribution in [0.5, 0.6) is 5.88 Å². The van der Waals surface area contributed by atoms with E-state index in [2.05, 4.69) is 312 Å². The van der Waals surface area contributed by atoms with Gasteiger partial charge >= 0.3 is 0 Å². The van der Waals surface area contributed by atoms with E-state index in [1.54, 1.807) is 139 Å². The number of aromatic nitrogens is 31. The lowest BCUT2D eigenvalue weighted by Crippen LogP contribution is -2.19. The first-order valence-corrected chi connectivity index (χ1v) is 47.8. The highest BCUT2D eigenvalue weighted by Crippen LogP contribution is 2.36. The Morgan fingerprint density at radius 2 is 0.694 bits per heavy atom. The van der Waals surface area contributed by atoms with Gasteiger partial charge in [0.1, 0.15) is 65.9 Å². The van der Waals surface area contributed by atoms with Crippen molar-refractivity contribution in [3.05, 3.63) is 336 Å². The van der Waals surface area contributed by atoms with Gasteiger partial charge in [0.2, 0.25) is 11.8 Å². The second kappa shape index (κ2) is 49.6. The largest absolute Gasteiger partial charge is 0.480 e. The van der Waals surface area contributed by atoms with Crippen molar-refractivity contribution in [2.24, 2.45) is 0 Å². The van der Waals surface area contributed by atoms with Gasteiger partial charge < -0.3 is 4.74 Å². The van der Waals surface area contributed by atoms with E-state index < -0.39 is 5.95 Å². The molecule has 0 aliphatic heterocycles. The monoisotopic (exact) mass is 2000 g/mol. The Labute approximate surface area is 856 Å². The molecular formula is C108H141Cl2F2N31O. The second-order valence-electron chi connectivity index (χ2n) is 44.1. The van der Waals surface area contributed by atoms with Gasteiger partial charge in [-0.05, 0) is 161 Å². The number of rotatable bonds is 8. The maximum absolute atomic E-state index is 13.2. The molecule has 0 aromatic carbocycles. The van der Waals surface area contributed by atoms with Gasteiger partial charge in [0, 0.05) is 110 Å². The molecule has 0 radical (unpaired) electrons. The van der Waals surface area contributed by atoms with Crippen molar-refractivity contribution < 1.29 is 13.5 Å². The highest BCUT2D eigenvalue weighted by molar-refractivity contribution is 6.32. The average Bonchev–Trinajstić information content (AvgIpc) is 1.16. The number of ether oxygens (including phenoxy) is 1. The SMILES string of the molecule is CC(C)(C)c1c(F)cncc1Cl.CC(C)(C)c1cc(-n2cnnc2)ccn1.CC(C)(C)c1ccnc(F)c1.CC(C)(C)c1cncc(-n2cnnc2)c1.CC(C)(C)c1cncc(-n2nccn2)c1.CC(C)(C)c1ncccc1-n1nccn1.COc1nccc(C(C)(C)C)c1Cl.Cc1cc(-n2cnnc2)cc(C(C)(C)C)n1.Cc1cc(-n2nccn2)cc(C(C)(C)C)n1.Cc1ccc(-n2nccn2)c(C(C)(C)C)n1. The Bertz CT molecular complexity index is 6420. The van der Waals surface area contributed by atoms with Crippen LogP contribution >= 0.6 is 23.2 Å². The lowest BCUT2D eigenvalue weighted by atomic mass is 9.87. The molecule has 0 fully saturated rings. The smallest absolute Gasteiger partial charge is 0.232 e. The minimum Gasteiger partial charge on any atom is -0.480 e. The Morgan fingerprint density at radius 3 is 1.12 bits per heavy atom. The third-order valence-electron chi connectivity index (χ3n) is 21.1. The van der Waals surface area contributed by atoms with Gasteiger partial charge in [-0.15, -0.1) is 40.2 Å². The van der Waals surface area contributed by atoms with Crippen molar-refractivity contribution in [2.45, 2.75) is 283 Å². The van der Waals surface area contributed by atoms with Crippen LogP contribution in [0.3, 0.4) is 0 Å². The fraction of sp³-hybridized carbons (Fsp3) is 0.407. The van der Waals surface area contributed by atoms with Gasteiger partial charge in [-0.1, -0.05) is 231 Å². The molecule has 762 valence electrons. The predicted octanol–water partition coefficient (Wildman–Crippen LogP) is 23.4. The molecule has 0 unspecified atom stereocenters. The molecule has 0 aliphatic rings. The van der Waals surface area contributed by atoms with Crippen molar-refractivity contribution in [1.29, 1.82) is 0 Å². The Morgan fingerprint density at radius 1 is 0.292 bits per heavy atom. The number of methoxy groups -OCH3 is 1. The summed E-state index contributed by atoms with van der Waals surface area (Å²) in [7, 11) is 1.57. The molecular weight excluding hydrogens is 1860 g/mol. The van der Waals surface area contributed by atoms with E-state index >= 15 is 0 Å². The highest BCUT2D eigenvalue weighted by atomic mass is 35.5. The zero-order valence-electron chi connectivity index (χ0n) is 89.8. The molecule has 17 aromatic rings. The molecule has 0 spiro atoms. The standard InChI is InChI=1S/3C12H16N4.4C11H14N4.C10H14ClNO.C9H11ClFN.C9H12FN/c1-9-5-10(16-7-13-14-8-16)6-11(15-9)12(2,3)4;1-9-7-10(16-13-5-6-14-16)8-11(15-9)12(2,3)4;1-9-5-6-10(16-13-7-8-14-16)11(15-9)12(2,3)4;1-11(2,3)9-4-10(6-12-5-9)15-7-13-14-8-15;1-11(2,3)9-6-10(8-12-7-9)15-13-4-5-14-15;1-11(2,3)10-6-9(4-5-12-10)15-7-13-14-8-15;1-11(2,3)10-9(5-4-6-12-10)15-13-7-8-14-15;1-10(2,3)7-5-6-12-9(13-4)8(7)11;1-9(2,3)8-6(10)4-12-5-7(8)11;1-9(2,3)7-4-5-11-8(10)6-7/h3*5-8H,1-4H3;4*4-8H,1-3H3;5-6H,1-4H3;4-5H,1-3H3;4-6H,1-3H3. The van der Waals surface area contributed by atoms with Crippen LogP contribution in [0.25, 0.3) is 39.8 Å². The van der Waals surface area contributed by atoms with Gasteiger partial charge in [-0.25, -0.2) is 14.4 Å². The van der Waals surface area contributed by atoms with E-state index in [1.807, 2.05) is 155 Å². The third-order valence-corrected chi connectivity index (χ3v) is 21.8. The van der Waals surface area contributed by atoms with Crippen LogP contribution < -0.4 is 4.74 Å². The summed E-state index contributed by atoms with van der Waals surface area (Å²) in [5, 5.41) is 56.7. The molecule has 32 nitrogen and oxygen atoms in total. The summed E-state index contributed by atoms with van der Waals surface area (Å²) in [5.41, 5.74) is 20.1. The molecule has 0 saturated carbocycles. The van der Waals surface area contributed by atoms with E-state index in [9.17, 15) is 8.78 Å². The third kappa shape index (κ3) is 35.4. The van der Waals surface area contributed by atoms with Crippen LogP contribution in [0.2, 0.25) is 10.0 Å². The summed E-state index contributed by atoms with van der Waals surface area (Å²) < 4.78 is 36.4. The highest BCUT2D eigenvalue weighted by Gasteiger charge is 2.28. The molecule has 0 N–H and O–H groups in total. The molecule has 144 heavy (non-hydrogen) atoms. The van der Waals surface area contributed by atoms with Gasteiger partial charge in [-0.2, -0.15) is 54.8 Å². The van der Waals surface area contributed by atoms with Crippen LogP contribution in [0.4, 0.5) is 8.78 Å². The summed E-state index contributed by atoms with van der Waals surface area (Å²) in [6.07, 6.45) is 40.3. The molecule has 0 bridgehead atoms. The minimum absolute atomic E-state index is 0.00375. The first kappa shape index (κ1) is 115. The van der Waals surface area contributed by atoms with Crippen molar-refractivity contribution >= 4 is 23.2 Å². The van der Waals surface area contributed by atoms with E-state index in [-0.39, 0.29) is 60.0 Å². The lowest BCUT2D eigenvalue weighted by molar-refractivity contribution is 0.396. The fourth-order valence-electron chi connectivity index (χ4n) is 13.2. The van der Waals surface area contributed by atoms with Crippen LogP contribution in [0, 0.1) is 32.5 Å². The van der Waals surface area contributed by atoms with Crippen molar-refractivity contribution in [3.8, 4) is 45.7 Å². The summed E-state index contributed by atoms with van der Waals surface area (Å²) in [6, 6.07) is 29.4. The van der Waals surface area contributed by atoms with Crippen molar-refractivity contribution in [3.63, 3.8) is 0 Å². The fourth-order valence-corrected chi connectivity index (χ4v) is 14.1. The van der Waals surface area contributed by atoms with Gasteiger partial charge in [0.05, 0.1) is 114 Å². The predicted molar refractivity (Wildman–Crippen MR) is 564 cm³/mol. The lowest BCUT2D eigenvalue weighted by Gasteiger charge is -2.21. The van der Waals surface area contributed by atoms with E-state index in [0.29, 0.717) is 21.5 Å². The van der Waals surface area contributed by atoms with E-state index in [4.69, 9.17) is 27.9 Å². The topological polar surface area (TPSA) is 353 Å². The van der Waals surface area contributed by atoms with E-state index in [1.165, 1.54) is 35.8 Å². The summed E-state index contributed by atoms with van der Waals surface area (Å²) >= 11 is 11.9. The van der Waals surface area contributed by atoms with Crippen molar-refractivity contribution in [2.75, 3.05) is 7.11 Å².